The average Bonchev–Trinajstić information content (AvgIpc) is 2.29. The van der Waals surface area contributed by atoms with Crippen molar-refractivity contribution in [1.29, 1.82) is 0 Å². The zero-order valence-corrected chi connectivity index (χ0v) is 8.82. The van der Waals surface area contributed by atoms with E-state index in [4.69, 9.17) is 4.74 Å². The van der Waals surface area contributed by atoms with E-state index in [1.165, 1.54) is 5.56 Å². The van der Waals surface area contributed by atoms with Crippen LogP contribution in [0.2, 0.25) is 0 Å². The van der Waals surface area contributed by atoms with Gasteiger partial charge in [0.05, 0.1) is 0 Å². The number of fused-ring (bicyclic) bond motifs is 1. The highest BCUT2D eigenvalue weighted by atomic mass is 16.6. The lowest BCUT2D eigenvalue weighted by atomic mass is 9.89. The zero-order chi connectivity index (χ0) is 10.7. The third-order valence-corrected chi connectivity index (χ3v) is 2.77. The number of hydrogen-bond donors (Lipinski definition) is 1. The first-order chi connectivity index (χ1) is 7.31. The van der Waals surface area contributed by atoms with Gasteiger partial charge in [-0.1, -0.05) is 24.3 Å². The number of ether oxygens (including phenoxy) is 1. The lowest BCUT2D eigenvalue weighted by Gasteiger charge is -2.24. The molecule has 0 saturated carbocycles. The smallest absolute Gasteiger partial charge is 0.407 e. The molecule has 0 radical (unpaired) electrons. The second-order valence-electron chi connectivity index (χ2n) is 3.73. The van der Waals surface area contributed by atoms with E-state index >= 15 is 0 Å². The summed E-state index contributed by atoms with van der Waals surface area (Å²) in [6, 6.07) is 8.17. The van der Waals surface area contributed by atoms with Gasteiger partial charge < -0.3 is 10.1 Å². The summed E-state index contributed by atoms with van der Waals surface area (Å²) in [7, 11) is 1.58. The van der Waals surface area contributed by atoms with Crippen LogP contribution < -0.4 is 5.32 Å². The molecule has 1 aliphatic carbocycles. The normalized spacial score (nSPS) is 19.1. The van der Waals surface area contributed by atoms with E-state index in [9.17, 15) is 4.79 Å². The molecule has 0 fully saturated rings. The van der Waals surface area contributed by atoms with E-state index in [0.29, 0.717) is 0 Å². The van der Waals surface area contributed by atoms with Gasteiger partial charge in [0.1, 0.15) is 6.10 Å². The SMILES string of the molecule is CNC(=O)OC1CCCc2ccccc21. The maximum Gasteiger partial charge on any atom is 0.407 e. The summed E-state index contributed by atoms with van der Waals surface area (Å²) in [5.74, 6) is 0. The number of nitrogens with one attached hydrogen (secondary N) is 1. The topological polar surface area (TPSA) is 38.3 Å². The van der Waals surface area contributed by atoms with Gasteiger partial charge in [-0.25, -0.2) is 4.79 Å². The Bertz CT molecular complexity index is 362. The summed E-state index contributed by atoms with van der Waals surface area (Å²) >= 11 is 0. The Morgan fingerprint density at radius 3 is 3.07 bits per heavy atom. The molecule has 1 unspecified atom stereocenters. The summed E-state index contributed by atoms with van der Waals surface area (Å²) in [5.41, 5.74) is 2.46. The van der Waals surface area contributed by atoms with Gasteiger partial charge in [-0.15, -0.1) is 0 Å². The van der Waals surface area contributed by atoms with Gasteiger partial charge >= 0.3 is 6.09 Å². The van der Waals surface area contributed by atoms with E-state index in [-0.39, 0.29) is 12.2 Å². The minimum Gasteiger partial charge on any atom is -0.441 e. The molecule has 1 aromatic rings. The molecule has 1 N–H and O–H groups in total. The van der Waals surface area contributed by atoms with E-state index in [1.54, 1.807) is 7.05 Å². The van der Waals surface area contributed by atoms with Gasteiger partial charge in [-0.05, 0) is 30.4 Å². The molecule has 1 amide bonds. The van der Waals surface area contributed by atoms with Gasteiger partial charge in [0, 0.05) is 7.05 Å². The lowest BCUT2D eigenvalue weighted by Crippen LogP contribution is -2.24. The first kappa shape index (κ1) is 10.0. The molecule has 0 aliphatic heterocycles. The van der Waals surface area contributed by atoms with E-state index in [1.807, 2.05) is 18.2 Å². The third-order valence-electron chi connectivity index (χ3n) is 2.77. The van der Waals surface area contributed by atoms with Gasteiger partial charge in [-0.2, -0.15) is 0 Å². The number of alkyl carbamates (subject to hydrolysis) is 1. The van der Waals surface area contributed by atoms with Crippen LogP contribution >= 0.6 is 0 Å². The predicted octanol–water partition coefficient (Wildman–Crippen LogP) is 2.42. The fourth-order valence-corrected chi connectivity index (χ4v) is 2.02. The Morgan fingerprint density at radius 2 is 2.27 bits per heavy atom. The summed E-state index contributed by atoms with van der Waals surface area (Å²) in [6.07, 6.45) is 2.67. The Hall–Kier alpha value is -1.51. The maximum atomic E-state index is 11.2. The fraction of sp³-hybridized carbons (Fsp3) is 0.417. The number of benzene rings is 1. The van der Waals surface area contributed by atoms with Gasteiger partial charge in [0.15, 0.2) is 0 Å². The Labute approximate surface area is 89.4 Å². The molecule has 1 aliphatic rings. The molecule has 3 heteroatoms. The van der Waals surface area contributed by atoms with Crippen molar-refractivity contribution in [3.05, 3.63) is 35.4 Å². The van der Waals surface area contributed by atoms with Crippen molar-refractivity contribution in [3.63, 3.8) is 0 Å². The lowest BCUT2D eigenvalue weighted by molar-refractivity contribution is 0.0892. The number of carbonyl (C=O) groups is 1. The third kappa shape index (κ3) is 2.12. The minimum absolute atomic E-state index is 0.0742. The van der Waals surface area contributed by atoms with Crippen molar-refractivity contribution in [2.45, 2.75) is 25.4 Å². The number of hydrogen-bond acceptors (Lipinski definition) is 2. The Balaban J connectivity index is 2.18. The summed E-state index contributed by atoms with van der Waals surface area (Å²) < 4.78 is 5.32. The highest BCUT2D eigenvalue weighted by Gasteiger charge is 2.22. The Morgan fingerprint density at radius 1 is 1.47 bits per heavy atom. The molecular formula is C12H15NO2. The summed E-state index contributed by atoms with van der Waals surface area (Å²) in [6.45, 7) is 0. The van der Waals surface area contributed by atoms with Crippen LogP contribution in [0.1, 0.15) is 30.1 Å². The maximum absolute atomic E-state index is 11.2. The van der Waals surface area contributed by atoms with E-state index in [0.717, 1.165) is 24.8 Å². The van der Waals surface area contributed by atoms with E-state index < -0.39 is 0 Å². The Kier molecular flexibility index (Phi) is 2.90. The van der Waals surface area contributed by atoms with Gasteiger partial charge in [-0.3, -0.25) is 0 Å². The predicted molar refractivity (Wildman–Crippen MR) is 57.7 cm³/mol. The van der Waals surface area contributed by atoms with Crippen LogP contribution in [0.25, 0.3) is 0 Å². The molecule has 0 heterocycles. The molecule has 1 aromatic carbocycles. The van der Waals surface area contributed by atoms with Crippen molar-refractivity contribution in [3.8, 4) is 0 Å². The van der Waals surface area contributed by atoms with Crippen LogP contribution in [0.15, 0.2) is 24.3 Å². The number of rotatable bonds is 1. The summed E-state index contributed by atoms with van der Waals surface area (Å²) in [4.78, 5) is 11.2. The van der Waals surface area contributed by atoms with Crippen molar-refractivity contribution in [2.24, 2.45) is 0 Å². The van der Waals surface area contributed by atoms with Gasteiger partial charge in [0.25, 0.3) is 0 Å². The molecule has 0 saturated heterocycles. The van der Waals surface area contributed by atoms with Crippen molar-refractivity contribution >= 4 is 6.09 Å². The first-order valence-electron chi connectivity index (χ1n) is 5.27. The van der Waals surface area contributed by atoms with Crippen LogP contribution in [0.4, 0.5) is 4.79 Å². The fourth-order valence-electron chi connectivity index (χ4n) is 2.02. The van der Waals surface area contributed by atoms with Crippen molar-refractivity contribution < 1.29 is 9.53 Å². The monoisotopic (exact) mass is 205 g/mol. The van der Waals surface area contributed by atoms with Crippen molar-refractivity contribution in [2.75, 3.05) is 7.05 Å². The molecule has 1 atom stereocenters. The number of amides is 1. The second-order valence-corrected chi connectivity index (χ2v) is 3.73. The highest BCUT2D eigenvalue weighted by molar-refractivity contribution is 5.67. The van der Waals surface area contributed by atoms with Crippen LogP contribution in [0.3, 0.4) is 0 Å². The van der Waals surface area contributed by atoms with Crippen LogP contribution in [0, 0.1) is 0 Å². The molecule has 3 nitrogen and oxygen atoms in total. The van der Waals surface area contributed by atoms with Gasteiger partial charge in [0.2, 0.25) is 0 Å². The molecule has 80 valence electrons. The zero-order valence-electron chi connectivity index (χ0n) is 8.82. The second kappa shape index (κ2) is 4.34. The highest BCUT2D eigenvalue weighted by Crippen LogP contribution is 2.32. The van der Waals surface area contributed by atoms with Crippen LogP contribution in [-0.4, -0.2) is 13.1 Å². The summed E-state index contributed by atoms with van der Waals surface area (Å²) in [5, 5.41) is 2.48. The number of aryl methyl sites for hydroxylation is 1. The molecule has 0 spiro atoms. The minimum atomic E-state index is -0.350. The molecule has 0 bridgehead atoms. The van der Waals surface area contributed by atoms with Crippen LogP contribution in [0.5, 0.6) is 0 Å². The standard InChI is InChI=1S/C12H15NO2/c1-13-12(14)15-11-8-4-6-9-5-2-3-7-10(9)11/h2-3,5,7,11H,4,6,8H2,1H3,(H,13,14). The number of carbonyl (C=O) groups excluding carboxylic acids is 1. The van der Waals surface area contributed by atoms with Crippen LogP contribution in [-0.2, 0) is 11.2 Å². The average molecular weight is 205 g/mol. The molecule has 0 aromatic heterocycles. The molecule has 15 heavy (non-hydrogen) atoms. The van der Waals surface area contributed by atoms with Crippen molar-refractivity contribution in [1.82, 2.24) is 5.32 Å². The first-order valence-corrected chi connectivity index (χ1v) is 5.27. The largest absolute Gasteiger partial charge is 0.441 e. The quantitative estimate of drug-likeness (QED) is 0.764. The molecular weight excluding hydrogens is 190 g/mol. The van der Waals surface area contributed by atoms with E-state index in [2.05, 4.69) is 11.4 Å². The molecule has 2 rings (SSSR count).